The number of hydrogen-bond donors (Lipinski definition) is 1. The Morgan fingerprint density at radius 2 is 2.14 bits per heavy atom. The average molecular weight is 196 g/mol. The van der Waals surface area contributed by atoms with Crippen molar-refractivity contribution >= 4 is 5.91 Å². The van der Waals surface area contributed by atoms with Gasteiger partial charge in [-0.2, -0.15) is 0 Å². The molecule has 3 fully saturated rings. The van der Waals surface area contributed by atoms with Crippen molar-refractivity contribution in [1.29, 1.82) is 0 Å². The number of nitrogens with zero attached hydrogens (tertiary/aromatic N) is 1. The molecule has 14 heavy (non-hydrogen) atoms. The normalized spacial score (nSPS) is 40.9. The van der Waals surface area contributed by atoms with Crippen molar-refractivity contribution in [2.24, 2.45) is 5.92 Å². The fraction of sp³-hybridized carbons (Fsp3) is 0.900. The molecule has 3 saturated heterocycles. The second-order valence-electron chi connectivity index (χ2n) is 4.52. The summed E-state index contributed by atoms with van der Waals surface area (Å²) >= 11 is 0. The molecule has 2 bridgehead atoms. The molecule has 0 saturated carbocycles. The monoisotopic (exact) mass is 196 g/mol. The van der Waals surface area contributed by atoms with Gasteiger partial charge < -0.3 is 15.0 Å². The molecule has 0 aromatic carbocycles. The molecule has 1 N–H and O–H groups in total. The van der Waals surface area contributed by atoms with Gasteiger partial charge in [0.05, 0.1) is 31.2 Å². The minimum Gasteiger partial charge on any atom is -0.377 e. The Balaban J connectivity index is 1.67. The van der Waals surface area contributed by atoms with E-state index in [9.17, 15) is 4.79 Å². The van der Waals surface area contributed by atoms with Gasteiger partial charge >= 0.3 is 0 Å². The van der Waals surface area contributed by atoms with E-state index in [2.05, 4.69) is 10.2 Å². The molecule has 4 heteroatoms. The molecule has 0 aliphatic carbocycles. The topological polar surface area (TPSA) is 41.6 Å². The third kappa shape index (κ3) is 1.17. The molecule has 0 aromatic rings. The lowest BCUT2D eigenvalue weighted by molar-refractivity contribution is -0.171. The molecule has 78 valence electrons. The lowest BCUT2D eigenvalue weighted by Gasteiger charge is -2.53. The number of amides is 1. The molecular weight excluding hydrogens is 180 g/mol. The van der Waals surface area contributed by atoms with Crippen molar-refractivity contribution in [3.8, 4) is 0 Å². The quantitative estimate of drug-likeness (QED) is 0.620. The Morgan fingerprint density at radius 1 is 1.36 bits per heavy atom. The second-order valence-corrected chi connectivity index (χ2v) is 4.52. The summed E-state index contributed by atoms with van der Waals surface area (Å²) in [5, 5.41) is 3.24. The SMILES string of the molecule is O=C([C@H]1CCNC1)N1[C@H]2COC[C@H]1C2. The maximum absolute atomic E-state index is 12.1. The zero-order valence-corrected chi connectivity index (χ0v) is 8.24. The summed E-state index contributed by atoms with van der Waals surface area (Å²) in [4.78, 5) is 14.1. The van der Waals surface area contributed by atoms with Crippen LogP contribution in [0.3, 0.4) is 0 Å². The first kappa shape index (κ1) is 8.68. The van der Waals surface area contributed by atoms with Crippen LogP contribution in [-0.4, -0.2) is 49.2 Å². The number of fused-ring (bicyclic) bond motifs is 2. The number of ether oxygens (including phenoxy) is 1. The largest absolute Gasteiger partial charge is 0.377 e. The van der Waals surface area contributed by atoms with Crippen molar-refractivity contribution in [2.45, 2.75) is 24.9 Å². The van der Waals surface area contributed by atoms with Crippen LogP contribution in [0, 0.1) is 5.92 Å². The van der Waals surface area contributed by atoms with Gasteiger partial charge in [-0.05, 0) is 19.4 Å². The van der Waals surface area contributed by atoms with Gasteiger partial charge in [-0.3, -0.25) is 4.79 Å². The van der Waals surface area contributed by atoms with Crippen LogP contribution >= 0.6 is 0 Å². The van der Waals surface area contributed by atoms with Crippen LogP contribution in [0.25, 0.3) is 0 Å². The molecule has 3 aliphatic heterocycles. The Labute approximate surface area is 83.6 Å². The number of rotatable bonds is 1. The van der Waals surface area contributed by atoms with Gasteiger partial charge in [-0.25, -0.2) is 0 Å². The van der Waals surface area contributed by atoms with Gasteiger partial charge in [-0.1, -0.05) is 0 Å². The molecule has 0 unspecified atom stereocenters. The highest BCUT2D eigenvalue weighted by Gasteiger charge is 2.46. The van der Waals surface area contributed by atoms with Crippen LogP contribution in [0.4, 0.5) is 0 Å². The van der Waals surface area contributed by atoms with Crippen LogP contribution in [0.2, 0.25) is 0 Å². The van der Waals surface area contributed by atoms with E-state index < -0.39 is 0 Å². The third-order valence-electron chi connectivity index (χ3n) is 3.62. The van der Waals surface area contributed by atoms with E-state index in [4.69, 9.17) is 4.74 Å². The van der Waals surface area contributed by atoms with Gasteiger partial charge in [-0.15, -0.1) is 0 Å². The van der Waals surface area contributed by atoms with Crippen molar-refractivity contribution in [2.75, 3.05) is 26.3 Å². The standard InChI is InChI=1S/C10H16N2O2/c13-10(7-1-2-11-4-7)12-8-3-9(12)6-14-5-8/h7-9,11H,1-6H2/t7-,8+,9+/m0/s1. The summed E-state index contributed by atoms with van der Waals surface area (Å²) in [5.41, 5.74) is 0. The van der Waals surface area contributed by atoms with E-state index in [1.165, 1.54) is 0 Å². The van der Waals surface area contributed by atoms with Crippen LogP contribution in [0.15, 0.2) is 0 Å². The van der Waals surface area contributed by atoms with Crippen molar-refractivity contribution in [1.82, 2.24) is 10.2 Å². The average Bonchev–Trinajstić information content (AvgIpc) is 2.71. The van der Waals surface area contributed by atoms with Crippen LogP contribution in [0.1, 0.15) is 12.8 Å². The van der Waals surface area contributed by atoms with Gasteiger partial charge in [0.1, 0.15) is 0 Å². The predicted octanol–water partition coefficient (Wildman–Crippen LogP) is -0.404. The lowest BCUT2D eigenvalue weighted by atomic mass is 9.89. The molecule has 3 atom stereocenters. The molecule has 4 nitrogen and oxygen atoms in total. The highest BCUT2D eigenvalue weighted by Crippen LogP contribution is 2.32. The number of nitrogens with one attached hydrogen (secondary N) is 1. The number of morpholine rings is 1. The van der Waals surface area contributed by atoms with Crippen molar-refractivity contribution in [3.63, 3.8) is 0 Å². The van der Waals surface area contributed by atoms with Gasteiger partial charge in [0.15, 0.2) is 0 Å². The van der Waals surface area contributed by atoms with E-state index >= 15 is 0 Å². The van der Waals surface area contributed by atoms with Crippen LogP contribution in [-0.2, 0) is 9.53 Å². The Bertz CT molecular complexity index is 237. The summed E-state index contributed by atoms with van der Waals surface area (Å²) < 4.78 is 5.37. The van der Waals surface area contributed by atoms with E-state index in [0.29, 0.717) is 18.0 Å². The maximum Gasteiger partial charge on any atom is 0.227 e. The highest BCUT2D eigenvalue weighted by molar-refractivity contribution is 5.81. The first-order chi connectivity index (χ1) is 6.86. The van der Waals surface area contributed by atoms with E-state index in [1.807, 2.05) is 0 Å². The maximum atomic E-state index is 12.1. The van der Waals surface area contributed by atoms with Crippen molar-refractivity contribution < 1.29 is 9.53 Å². The van der Waals surface area contributed by atoms with Gasteiger partial charge in [0.2, 0.25) is 5.91 Å². The molecule has 0 radical (unpaired) electrons. The fourth-order valence-corrected chi connectivity index (χ4v) is 2.77. The minimum atomic E-state index is 0.235. The molecule has 3 aliphatic rings. The Hall–Kier alpha value is -0.610. The first-order valence-electron chi connectivity index (χ1n) is 5.47. The highest BCUT2D eigenvalue weighted by atomic mass is 16.5. The molecule has 0 spiro atoms. The van der Waals surface area contributed by atoms with Crippen LogP contribution < -0.4 is 5.32 Å². The number of carbonyl (C=O) groups is 1. The fourth-order valence-electron chi connectivity index (χ4n) is 2.77. The minimum absolute atomic E-state index is 0.235. The number of hydrogen-bond acceptors (Lipinski definition) is 3. The second kappa shape index (κ2) is 3.21. The molecule has 0 aromatic heterocycles. The predicted molar refractivity (Wildman–Crippen MR) is 50.8 cm³/mol. The third-order valence-corrected chi connectivity index (χ3v) is 3.62. The molecular formula is C10H16N2O2. The summed E-state index contributed by atoms with van der Waals surface area (Å²) in [5.74, 6) is 0.595. The zero-order valence-electron chi connectivity index (χ0n) is 8.24. The molecule has 3 heterocycles. The van der Waals surface area contributed by atoms with E-state index in [-0.39, 0.29) is 5.92 Å². The van der Waals surface area contributed by atoms with Crippen LogP contribution in [0.5, 0.6) is 0 Å². The lowest BCUT2D eigenvalue weighted by Crippen LogP contribution is -2.66. The van der Waals surface area contributed by atoms with Gasteiger partial charge in [0.25, 0.3) is 0 Å². The van der Waals surface area contributed by atoms with E-state index in [1.54, 1.807) is 0 Å². The first-order valence-corrected chi connectivity index (χ1v) is 5.47. The zero-order chi connectivity index (χ0) is 9.54. The summed E-state index contributed by atoms with van der Waals surface area (Å²) in [6.07, 6.45) is 2.17. The number of carbonyl (C=O) groups excluding carboxylic acids is 1. The van der Waals surface area contributed by atoms with Gasteiger partial charge in [0, 0.05) is 6.54 Å². The summed E-state index contributed by atoms with van der Waals surface area (Å²) in [7, 11) is 0. The smallest absolute Gasteiger partial charge is 0.227 e. The Kier molecular flexibility index (Phi) is 1.99. The molecule has 3 rings (SSSR count). The Morgan fingerprint density at radius 3 is 2.71 bits per heavy atom. The van der Waals surface area contributed by atoms with Crippen molar-refractivity contribution in [3.05, 3.63) is 0 Å². The molecule has 1 amide bonds. The summed E-state index contributed by atoms with van der Waals surface area (Å²) in [6.45, 7) is 3.37. The van der Waals surface area contributed by atoms with E-state index in [0.717, 1.165) is 39.1 Å². The summed E-state index contributed by atoms with van der Waals surface area (Å²) in [6, 6.07) is 0.781.